The van der Waals surface area contributed by atoms with Gasteiger partial charge in [0, 0.05) is 19.2 Å². The van der Waals surface area contributed by atoms with E-state index in [0.29, 0.717) is 31.9 Å². The lowest BCUT2D eigenvalue weighted by Gasteiger charge is -2.26. The van der Waals surface area contributed by atoms with E-state index in [0.717, 1.165) is 6.08 Å². The van der Waals surface area contributed by atoms with Gasteiger partial charge < -0.3 is 19.7 Å². The molecule has 0 spiro atoms. The van der Waals surface area contributed by atoms with Crippen LogP contribution in [0.15, 0.2) is 24.3 Å². The van der Waals surface area contributed by atoms with E-state index in [-0.39, 0.29) is 18.1 Å². The average molecular weight is 322 g/mol. The Morgan fingerprint density at radius 1 is 1.26 bits per heavy atom. The minimum Gasteiger partial charge on any atom is -0.504 e. The first-order valence-electron chi connectivity index (χ1n) is 7.03. The van der Waals surface area contributed by atoms with Gasteiger partial charge in [-0.25, -0.2) is 9.80 Å². The van der Waals surface area contributed by atoms with Crippen molar-refractivity contribution >= 4 is 18.0 Å². The zero-order valence-corrected chi connectivity index (χ0v) is 12.4. The fourth-order valence-corrected chi connectivity index (χ4v) is 1.88. The molecule has 1 amide bonds. The fraction of sp³-hybridized carbons (Fsp3) is 0.333. The van der Waals surface area contributed by atoms with Gasteiger partial charge in [0.05, 0.1) is 13.2 Å². The van der Waals surface area contributed by atoms with Crippen molar-refractivity contribution in [3.05, 3.63) is 29.8 Å². The predicted molar refractivity (Wildman–Crippen MR) is 80.3 cm³/mol. The molecule has 1 aromatic rings. The van der Waals surface area contributed by atoms with Crippen LogP contribution in [0.4, 0.5) is 0 Å². The number of ether oxygens (including phenoxy) is 2. The lowest BCUT2D eigenvalue weighted by Crippen LogP contribution is -2.49. The number of morpholine rings is 1. The number of phenolic OH excluding ortho intramolecular Hbond substituents is 2. The first-order chi connectivity index (χ1) is 11.0. The molecule has 124 valence electrons. The third-order valence-electron chi connectivity index (χ3n) is 3.05. The van der Waals surface area contributed by atoms with E-state index < -0.39 is 11.9 Å². The number of benzene rings is 1. The van der Waals surface area contributed by atoms with Crippen LogP contribution in [-0.2, 0) is 19.1 Å². The minimum absolute atomic E-state index is 0.246. The van der Waals surface area contributed by atoms with Gasteiger partial charge in [0.2, 0.25) is 0 Å². The van der Waals surface area contributed by atoms with Crippen molar-refractivity contribution < 1.29 is 29.3 Å². The lowest BCUT2D eigenvalue weighted by molar-refractivity contribution is -0.146. The number of rotatable bonds is 5. The topological polar surface area (TPSA) is 108 Å². The Morgan fingerprint density at radius 3 is 2.70 bits per heavy atom. The van der Waals surface area contributed by atoms with E-state index in [1.807, 2.05) is 0 Å². The van der Waals surface area contributed by atoms with Gasteiger partial charge in [-0.1, -0.05) is 6.07 Å². The number of carbonyl (C=O) groups is 2. The summed E-state index contributed by atoms with van der Waals surface area (Å²) < 4.78 is 9.96. The van der Waals surface area contributed by atoms with Gasteiger partial charge >= 0.3 is 5.97 Å². The Morgan fingerprint density at radius 2 is 2.00 bits per heavy atom. The van der Waals surface area contributed by atoms with E-state index in [1.54, 1.807) is 5.01 Å². The summed E-state index contributed by atoms with van der Waals surface area (Å²) in [6, 6.07) is 4.12. The molecule has 0 aromatic heterocycles. The minimum atomic E-state index is -0.685. The van der Waals surface area contributed by atoms with Crippen LogP contribution in [0.1, 0.15) is 5.56 Å². The molecule has 8 heteroatoms. The Bertz CT molecular complexity index is 596. The first-order valence-corrected chi connectivity index (χ1v) is 7.03. The van der Waals surface area contributed by atoms with E-state index in [4.69, 9.17) is 9.47 Å². The summed E-state index contributed by atoms with van der Waals surface area (Å²) in [6.45, 7) is 1.87. The summed E-state index contributed by atoms with van der Waals surface area (Å²) in [5, 5.41) is 20.2. The number of aromatic hydroxyl groups is 2. The van der Waals surface area contributed by atoms with Crippen molar-refractivity contribution in [1.82, 2.24) is 10.4 Å². The van der Waals surface area contributed by atoms with E-state index >= 15 is 0 Å². The molecule has 1 aromatic carbocycles. The number of hydrogen-bond donors (Lipinski definition) is 3. The number of nitrogens with one attached hydrogen (secondary N) is 1. The van der Waals surface area contributed by atoms with Gasteiger partial charge in [-0.3, -0.25) is 10.2 Å². The molecule has 2 rings (SSSR count). The molecule has 1 fully saturated rings. The normalized spacial score (nSPS) is 15.5. The Labute approximate surface area is 132 Å². The molecule has 0 unspecified atom stereocenters. The molecule has 3 N–H and O–H groups in total. The maximum Gasteiger partial charge on any atom is 0.331 e. The zero-order valence-electron chi connectivity index (χ0n) is 12.4. The fourth-order valence-electron chi connectivity index (χ4n) is 1.88. The summed E-state index contributed by atoms with van der Waals surface area (Å²) in [5.74, 6) is -1.64. The maximum atomic E-state index is 11.6. The first kappa shape index (κ1) is 16.8. The van der Waals surface area contributed by atoms with Crippen LogP contribution in [0.3, 0.4) is 0 Å². The van der Waals surface area contributed by atoms with Gasteiger partial charge in [-0.15, -0.1) is 0 Å². The summed E-state index contributed by atoms with van der Waals surface area (Å²) >= 11 is 0. The van der Waals surface area contributed by atoms with Gasteiger partial charge in [0.1, 0.15) is 0 Å². The van der Waals surface area contributed by atoms with E-state index in [9.17, 15) is 19.8 Å². The summed E-state index contributed by atoms with van der Waals surface area (Å²) in [5.41, 5.74) is 3.12. The largest absolute Gasteiger partial charge is 0.504 e. The quantitative estimate of drug-likeness (QED) is 0.398. The monoisotopic (exact) mass is 322 g/mol. The molecule has 0 atom stereocenters. The summed E-state index contributed by atoms with van der Waals surface area (Å²) in [7, 11) is 0. The van der Waals surface area contributed by atoms with Crippen molar-refractivity contribution in [2.24, 2.45) is 0 Å². The lowest BCUT2D eigenvalue weighted by atomic mass is 10.2. The van der Waals surface area contributed by atoms with Crippen LogP contribution in [0.2, 0.25) is 0 Å². The third kappa shape index (κ3) is 5.61. The number of phenols is 2. The molecular weight excluding hydrogens is 304 g/mol. The van der Waals surface area contributed by atoms with Crippen LogP contribution in [0.25, 0.3) is 6.08 Å². The van der Waals surface area contributed by atoms with Crippen molar-refractivity contribution in [3.8, 4) is 11.5 Å². The number of esters is 1. The summed E-state index contributed by atoms with van der Waals surface area (Å²) in [4.78, 5) is 23.1. The van der Waals surface area contributed by atoms with Crippen molar-refractivity contribution in [1.29, 1.82) is 0 Å². The second kappa shape index (κ2) is 8.16. The molecule has 1 saturated heterocycles. The molecule has 1 heterocycles. The Kier molecular flexibility index (Phi) is 5.95. The summed E-state index contributed by atoms with van der Waals surface area (Å²) in [6.07, 6.45) is 2.54. The van der Waals surface area contributed by atoms with Crippen molar-refractivity contribution in [2.45, 2.75) is 0 Å². The molecule has 0 saturated carbocycles. The number of nitrogens with zero attached hydrogens (tertiary/aromatic N) is 1. The zero-order chi connectivity index (χ0) is 16.7. The second-order valence-electron chi connectivity index (χ2n) is 4.82. The predicted octanol–water partition coefficient (Wildman–Crippen LogP) is 0.0176. The van der Waals surface area contributed by atoms with E-state index in [2.05, 4.69) is 5.43 Å². The van der Waals surface area contributed by atoms with Crippen LogP contribution in [0.5, 0.6) is 11.5 Å². The molecule has 0 bridgehead atoms. The van der Waals surface area contributed by atoms with E-state index in [1.165, 1.54) is 24.3 Å². The highest BCUT2D eigenvalue weighted by atomic mass is 16.5. The van der Waals surface area contributed by atoms with Crippen LogP contribution < -0.4 is 5.43 Å². The van der Waals surface area contributed by atoms with Gasteiger partial charge in [0.15, 0.2) is 18.1 Å². The van der Waals surface area contributed by atoms with Crippen molar-refractivity contribution in [2.75, 3.05) is 32.9 Å². The van der Waals surface area contributed by atoms with Gasteiger partial charge in [-0.05, 0) is 23.8 Å². The number of hydrazine groups is 1. The highest BCUT2D eigenvalue weighted by Gasteiger charge is 2.13. The SMILES string of the molecule is O=C(COC(=O)/C=C/c1ccc(O)c(O)c1)NN1CCOCC1. The third-order valence-corrected chi connectivity index (χ3v) is 3.05. The van der Waals surface area contributed by atoms with Crippen LogP contribution >= 0.6 is 0 Å². The Hall–Kier alpha value is -2.58. The van der Waals surface area contributed by atoms with Crippen LogP contribution in [-0.4, -0.2) is 60.0 Å². The van der Waals surface area contributed by atoms with Crippen LogP contribution in [0, 0.1) is 0 Å². The molecular formula is C15H18N2O6. The average Bonchev–Trinajstić information content (AvgIpc) is 2.55. The number of carbonyl (C=O) groups excluding carboxylic acids is 2. The highest BCUT2D eigenvalue weighted by molar-refractivity contribution is 5.89. The maximum absolute atomic E-state index is 11.6. The van der Waals surface area contributed by atoms with Gasteiger partial charge in [-0.2, -0.15) is 0 Å². The highest BCUT2D eigenvalue weighted by Crippen LogP contribution is 2.25. The molecule has 8 nitrogen and oxygen atoms in total. The number of hydrogen-bond acceptors (Lipinski definition) is 7. The number of amides is 1. The standard InChI is InChI=1S/C15H18N2O6/c18-12-3-1-11(9-13(12)19)2-4-15(21)23-10-14(20)16-17-5-7-22-8-6-17/h1-4,9,18-19H,5-8,10H2,(H,16,20)/b4-2+. The molecule has 0 aliphatic carbocycles. The second-order valence-corrected chi connectivity index (χ2v) is 4.82. The molecule has 23 heavy (non-hydrogen) atoms. The molecule has 0 radical (unpaired) electrons. The smallest absolute Gasteiger partial charge is 0.331 e. The van der Waals surface area contributed by atoms with Crippen molar-refractivity contribution in [3.63, 3.8) is 0 Å². The Balaban J connectivity index is 1.74. The van der Waals surface area contributed by atoms with Gasteiger partial charge in [0.25, 0.3) is 5.91 Å². The molecule has 1 aliphatic heterocycles. The molecule has 1 aliphatic rings.